The van der Waals surface area contributed by atoms with Crippen LogP contribution in [-0.2, 0) is 0 Å². The molecule has 0 fully saturated rings. The molecule has 0 spiro atoms. The molecule has 0 bridgehead atoms. The predicted octanol–water partition coefficient (Wildman–Crippen LogP) is 3.57. The van der Waals surface area contributed by atoms with E-state index in [-0.39, 0.29) is 5.82 Å². The SMILES string of the molecule is Cc1cc2nc(-c3ccc(N)cc3F)[nH]c2cc1C. The number of hydrogen-bond donors (Lipinski definition) is 2. The summed E-state index contributed by atoms with van der Waals surface area (Å²) in [6, 6.07) is 8.64. The van der Waals surface area contributed by atoms with Crippen molar-refractivity contribution in [3.05, 3.63) is 47.3 Å². The Balaban J connectivity index is 2.20. The molecule has 0 atom stereocenters. The van der Waals surface area contributed by atoms with Crippen LogP contribution in [0.2, 0.25) is 0 Å². The van der Waals surface area contributed by atoms with Gasteiger partial charge in [-0.15, -0.1) is 0 Å². The number of rotatable bonds is 1. The number of hydrogen-bond acceptors (Lipinski definition) is 2. The topological polar surface area (TPSA) is 54.7 Å². The maximum atomic E-state index is 13.9. The molecule has 1 aromatic heterocycles. The number of H-pyrrole nitrogens is 1. The van der Waals surface area contributed by atoms with Crippen molar-refractivity contribution in [2.75, 3.05) is 5.73 Å². The van der Waals surface area contributed by atoms with E-state index in [9.17, 15) is 4.39 Å². The summed E-state index contributed by atoms with van der Waals surface area (Å²) in [5.74, 6) is 0.157. The number of nitrogens with zero attached hydrogens (tertiary/aromatic N) is 1. The van der Waals surface area contributed by atoms with Gasteiger partial charge in [0, 0.05) is 5.69 Å². The molecule has 96 valence electrons. The number of aryl methyl sites for hydroxylation is 2. The second-order valence-corrected chi connectivity index (χ2v) is 4.78. The monoisotopic (exact) mass is 255 g/mol. The van der Waals surface area contributed by atoms with E-state index in [0.29, 0.717) is 17.1 Å². The average Bonchev–Trinajstić information content (AvgIpc) is 2.72. The number of imidazole rings is 1. The average molecular weight is 255 g/mol. The minimum Gasteiger partial charge on any atom is -0.399 e. The van der Waals surface area contributed by atoms with Crippen molar-refractivity contribution in [3.8, 4) is 11.4 Å². The fourth-order valence-electron chi connectivity index (χ4n) is 2.12. The van der Waals surface area contributed by atoms with Crippen LogP contribution in [0.25, 0.3) is 22.4 Å². The minimum absolute atomic E-state index is 0.368. The number of halogens is 1. The molecule has 0 aliphatic heterocycles. The van der Waals surface area contributed by atoms with Crippen LogP contribution in [0.15, 0.2) is 30.3 Å². The highest BCUT2D eigenvalue weighted by Gasteiger charge is 2.11. The van der Waals surface area contributed by atoms with E-state index >= 15 is 0 Å². The second-order valence-electron chi connectivity index (χ2n) is 4.78. The van der Waals surface area contributed by atoms with Gasteiger partial charge in [0.1, 0.15) is 11.6 Å². The highest BCUT2D eigenvalue weighted by Crippen LogP contribution is 2.25. The fourth-order valence-corrected chi connectivity index (χ4v) is 2.12. The molecule has 0 saturated heterocycles. The lowest BCUT2D eigenvalue weighted by Gasteiger charge is -2.00. The van der Waals surface area contributed by atoms with Crippen LogP contribution in [0.4, 0.5) is 10.1 Å². The van der Waals surface area contributed by atoms with Crippen LogP contribution >= 0.6 is 0 Å². The standard InChI is InChI=1S/C15H14FN3/c1-8-5-13-14(6-9(8)2)19-15(18-13)11-4-3-10(17)7-12(11)16/h3-7H,17H2,1-2H3,(H,18,19). The molecule has 0 amide bonds. The molecule has 0 aliphatic rings. The highest BCUT2D eigenvalue weighted by atomic mass is 19.1. The Hall–Kier alpha value is -2.36. The third kappa shape index (κ3) is 1.95. The Morgan fingerprint density at radius 1 is 1.11 bits per heavy atom. The van der Waals surface area contributed by atoms with E-state index in [1.54, 1.807) is 12.1 Å². The zero-order valence-corrected chi connectivity index (χ0v) is 10.8. The van der Waals surface area contributed by atoms with Crippen LogP contribution in [0.5, 0.6) is 0 Å². The van der Waals surface area contributed by atoms with Gasteiger partial charge in [0.25, 0.3) is 0 Å². The highest BCUT2D eigenvalue weighted by molar-refractivity contribution is 5.81. The summed E-state index contributed by atoms with van der Waals surface area (Å²) in [7, 11) is 0. The Kier molecular flexibility index (Phi) is 2.52. The molecule has 0 unspecified atom stereocenters. The summed E-state index contributed by atoms with van der Waals surface area (Å²) >= 11 is 0. The van der Waals surface area contributed by atoms with E-state index in [2.05, 4.69) is 9.97 Å². The Labute approximate surface area is 110 Å². The van der Waals surface area contributed by atoms with Gasteiger partial charge in [0.15, 0.2) is 0 Å². The van der Waals surface area contributed by atoms with Gasteiger partial charge in [-0.1, -0.05) is 0 Å². The van der Waals surface area contributed by atoms with Gasteiger partial charge in [-0.3, -0.25) is 0 Å². The summed E-state index contributed by atoms with van der Waals surface area (Å²) < 4.78 is 13.9. The summed E-state index contributed by atoms with van der Waals surface area (Å²) in [5, 5.41) is 0. The molecule has 3 N–H and O–H groups in total. The van der Waals surface area contributed by atoms with Crippen LogP contribution in [-0.4, -0.2) is 9.97 Å². The molecule has 3 rings (SSSR count). The van der Waals surface area contributed by atoms with Gasteiger partial charge >= 0.3 is 0 Å². The summed E-state index contributed by atoms with van der Waals surface area (Å²) in [6.45, 7) is 4.08. The molecule has 0 saturated carbocycles. The third-order valence-corrected chi connectivity index (χ3v) is 3.35. The summed E-state index contributed by atoms with van der Waals surface area (Å²) in [5.41, 5.74) is 10.5. The normalized spacial score (nSPS) is 11.1. The number of benzene rings is 2. The zero-order valence-electron chi connectivity index (χ0n) is 10.8. The maximum absolute atomic E-state index is 13.9. The number of nitrogens with one attached hydrogen (secondary N) is 1. The molecular formula is C15H14FN3. The molecule has 3 aromatic rings. The van der Waals surface area contributed by atoms with Crippen LogP contribution in [0.1, 0.15) is 11.1 Å². The lowest BCUT2D eigenvalue weighted by atomic mass is 10.1. The van der Waals surface area contributed by atoms with Crippen LogP contribution in [0.3, 0.4) is 0 Å². The van der Waals surface area contributed by atoms with Crippen molar-refractivity contribution < 1.29 is 4.39 Å². The number of aromatic amines is 1. The van der Waals surface area contributed by atoms with E-state index in [1.807, 2.05) is 26.0 Å². The van der Waals surface area contributed by atoms with Crippen LogP contribution in [0, 0.1) is 19.7 Å². The van der Waals surface area contributed by atoms with Gasteiger partial charge in [-0.05, 0) is 55.3 Å². The lowest BCUT2D eigenvalue weighted by molar-refractivity contribution is 0.631. The van der Waals surface area contributed by atoms with Crippen molar-refractivity contribution in [2.45, 2.75) is 13.8 Å². The van der Waals surface area contributed by atoms with Crippen molar-refractivity contribution in [3.63, 3.8) is 0 Å². The van der Waals surface area contributed by atoms with E-state index in [4.69, 9.17) is 5.73 Å². The van der Waals surface area contributed by atoms with Gasteiger partial charge in [-0.25, -0.2) is 9.37 Å². The first-order valence-electron chi connectivity index (χ1n) is 6.07. The number of aromatic nitrogens is 2. The van der Waals surface area contributed by atoms with Crippen molar-refractivity contribution in [2.24, 2.45) is 0 Å². The van der Waals surface area contributed by atoms with E-state index in [1.165, 1.54) is 17.2 Å². The second kappa shape index (κ2) is 4.09. The molecular weight excluding hydrogens is 241 g/mol. The zero-order chi connectivity index (χ0) is 13.6. The van der Waals surface area contributed by atoms with Crippen molar-refractivity contribution in [1.29, 1.82) is 0 Å². The minimum atomic E-state index is -0.368. The van der Waals surface area contributed by atoms with Crippen molar-refractivity contribution >= 4 is 16.7 Å². The predicted molar refractivity (Wildman–Crippen MR) is 75.4 cm³/mol. The Bertz CT molecular complexity index is 735. The third-order valence-electron chi connectivity index (χ3n) is 3.35. The number of nitrogens with two attached hydrogens (primary N) is 1. The number of nitrogen functional groups attached to an aromatic ring is 1. The lowest BCUT2D eigenvalue weighted by Crippen LogP contribution is -1.90. The van der Waals surface area contributed by atoms with E-state index < -0.39 is 0 Å². The fraction of sp³-hybridized carbons (Fsp3) is 0.133. The Morgan fingerprint density at radius 2 is 1.84 bits per heavy atom. The molecule has 0 radical (unpaired) electrons. The van der Waals surface area contributed by atoms with Crippen molar-refractivity contribution in [1.82, 2.24) is 9.97 Å². The maximum Gasteiger partial charge on any atom is 0.141 e. The van der Waals surface area contributed by atoms with Crippen LogP contribution < -0.4 is 5.73 Å². The molecule has 1 heterocycles. The molecule has 4 heteroatoms. The Morgan fingerprint density at radius 3 is 2.58 bits per heavy atom. The smallest absolute Gasteiger partial charge is 0.141 e. The summed E-state index contributed by atoms with van der Waals surface area (Å²) in [6.07, 6.45) is 0. The first-order valence-corrected chi connectivity index (χ1v) is 6.07. The van der Waals surface area contributed by atoms with Gasteiger partial charge < -0.3 is 10.7 Å². The van der Waals surface area contributed by atoms with Gasteiger partial charge in [0.2, 0.25) is 0 Å². The molecule has 0 aliphatic carbocycles. The molecule has 19 heavy (non-hydrogen) atoms. The van der Waals surface area contributed by atoms with Gasteiger partial charge in [0.05, 0.1) is 16.6 Å². The first kappa shape index (κ1) is 11.7. The largest absolute Gasteiger partial charge is 0.399 e. The number of fused-ring (bicyclic) bond motifs is 1. The molecule has 2 aromatic carbocycles. The first-order chi connectivity index (χ1) is 9.04. The molecule has 3 nitrogen and oxygen atoms in total. The summed E-state index contributed by atoms with van der Waals surface area (Å²) in [4.78, 5) is 7.59. The van der Waals surface area contributed by atoms with Gasteiger partial charge in [-0.2, -0.15) is 0 Å². The number of anilines is 1. The quantitative estimate of drug-likeness (QED) is 0.653. The van der Waals surface area contributed by atoms with E-state index in [0.717, 1.165) is 11.0 Å².